The van der Waals surface area contributed by atoms with E-state index in [-0.39, 0.29) is 48.7 Å². The molecule has 5 aromatic carbocycles. The van der Waals surface area contributed by atoms with Crippen molar-refractivity contribution >= 4 is 15.9 Å². The van der Waals surface area contributed by atoms with Gasteiger partial charge in [0, 0.05) is 37.7 Å². The van der Waals surface area contributed by atoms with Crippen LogP contribution in [0.25, 0.3) is 11.1 Å². The monoisotopic (exact) mass is 789 g/mol. The average Bonchev–Trinajstić information content (AvgIpc) is 3.65. The van der Waals surface area contributed by atoms with Gasteiger partial charge in [-0.25, -0.2) is 8.42 Å². The van der Waals surface area contributed by atoms with Crippen LogP contribution in [0.2, 0.25) is 0 Å². The number of aliphatic hydroxyl groups is 2. The van der Waals surface area contributed by atoms with E-state index in [1.807, 2.05) is 110 Å². The van der Waals surface area contributed by atoms with Gasteiger partial charge < -0.3 is 25.0 Å². The summed E-state index contributed by atoms with van der Waals surface area (Å²) in [6.45, 7) is 6.36. The zero-order valence-electron chi connectivity index (χ0n) is 32.3. The Labute approximate surface area is 335 Å². The zero-order chi connectivity index (χ0) is 39.9. The molecule has 11 heteroatoms. The standard InChI is InChI=1S/C46H51N3O7S/c1-31-11-21-41(22-12-31)57(53,54)48-42(26-33-7-4-3-5-8-33)45(52)47-27-35-9-6-10-39(25-35)36-17-19-38(20-18-36)46-55-43(29-49-24-23-40(51)28-49)32(2)44(56-46)37-15-13-34(30-50)14-16-37/h3-22,25,32,40,42-44,46,48,50-51H,23-24,26-30H2,1-2H3,(H,47,52)/t32-,40+,42-,43+,44+,46+/m1/s1. The van der Waals surface area contributed by atoms with Gasteiger partial charge in [0.15, 0.2) is 6.29 Å². The summed E-state index contributed by atoms with van der Waals surface area (Å²) in [4.78, 5) is 16.0. The molecule has 57 heavy (non-hydrogen) atoms. The topological polar surface area (TPSA) is 137 Å². The van der Waals surface area contributed by atoms with Crippen LogP contribution in [0, 0.1) is 12.8 Å². The minimum Gasteiger partial charge on any atom is -0.392 e. The van der Waals surface area contributed by atoms with Gasteiger partial charge in [-0.15, -0.1) is 0 Å². The third-order valence-electron chi connectivity index (χ3n) is 10.9. The van der Waals surface area contributed by atoms with Crippen molar-refractivity contribution in [3.8, 4) is 11.1 Å². The normalized spacial score (nSPS) is 21.9. The summed E-state index contributed by atoms with van der Waals surface area (Å²) < 4.78 is 42.6. The second-order valence-corrected chi connectivity index (χ2v) is 17.0. The van der Waals surface area contributed by atoms with E-state index in [9.17, 15) is 23.4 Å². The van der Waals surface area contributed by atoms with Crippen molar-refractivity contribution < 1.29 is 32.9 Å². The first-order chi connectivity index (χ1) is 27.5. The Morgan fingerprint density at radius 2 is 1.53 bits per heavy atom. The fourth-order valence-corrected chi connectivity index (χ4v) is 8.77. The van der Waals surface area contributed by atoms with Gasteiger partial charge in [-0.2, -0.15) is 4.72 Å². The van der Waals surface area contributed by atoms with Crippen molar-refractivity contribution in [3.63, 3.8) is 0 Å². The molecule has 2 fully saturated rings. The van der Waals surface area contributed by atoms with Crippen LogP contribution in [-0.4, -0.2) is 67.3 Å². The SMILES string of the molecule is Cc1ccc(S(=O)(=O)N[C@H](Cc2ccccc2)C(=O)NCc2cccc(-c3ccc([C@H]4O[C@@H](CN5CC[C@H](O)C5)[C@@H](C)[C@@H](c5ccc(CO)cc5)O4)cc3)c2)cc1. The van der Waals surface area contributed by atoms with Crippen LogP contribution < -0.4 is 10.0 Å². The summed E-state index contributed by atoms with van der Waals surface area (Å²) in [5, 5.41) is 22.7. The van der Waals surface area contributed by atoms with Crippen LogP contribution in [-0.2, 0) is 43.9 Å². The third-order valence-corrected chi connectivity index (χ3v) is 12.4. The molecule has 0 aromatic heterocycles. The quantitative estimate of drug-likeness (QED) is 0.104. The number of likely N-dealkylation sites (tertiary alicyclic amines) is 1. The van der Waals surface area contributed by atoms with Crippen LogP contribution in [0.5, 0.6) is 0 Å². The number of aryl methyl sites for hydroxylation is 1. The Hall–Kier alpha value is -4.72. The molecular weight excluding hydrogens is 739 g/mol. The molecule has 5 aromatic rings. The van der Waals surface area contributed by atoms with Crippen molar-refractivity contribution in [3.05, 3.63) is 161 Å². The minimum absolute atomic E-state index is 0.0228. The summed E-state index contributed by atoms with van der Waals surface area (Å²) in [5.74, 6) is -0.378. The second kappa shape index (κ2) is 18.3. The number of hydrogen-bond acceptors (Lipinski definition) is 8. The van der Waals surface area contributed by atoms with E-state index in [1.54, 1.807) is 12.1 Å². The van der Waals surface area contributed by atoms with Gasteiger partial charge in [0.2, 0.25) is 15.9 Å². The maximum Gasteiger partial charge on any atom is 0.241 e. The maximum atomic E-state index is 13.6. The predicted molar refractivity (Wildman–Crippen MR) is 219 cm³/mol. The van der Waals surface area contributed by atoms with E-state index in [4.69, 9.17) is 9.47 Å². The highest BCUT2D eigenvalue weighted by atomic mass is 32.2. The number of sulfonamides is 1. The maximum absolute atomic E-state index is 13.6. The van der Waals surface area contributed by atoms with E-state index in [0.29, 0.717) is 13.1 Å². The Morgan fingerprint density at radius 1 is 0.825 bits per heavy atom. The number of carbonyl (C=O) groups excluding carboxylic acids is 1. The number of nitrogens with zero attached hydrogens (tertiary/aromatic N) is 1. The molecule has 6 atom stereocenters. The van der Waals surface area contributed by atoms with Crippen LogP contribution in [0.4, 0.5) is 0 Å². The molecule has 10 nitrogen and oxygen atoms in total. The summed E-state index contributed by atoms with van der Waals surface area (Å²) in [6, 6.07) is 38.7. The Balaban J connectivity index is 1.04. The number of ether oxygens (including phenoxy) is 2. The molecule has 298 valence electrons. The van der Waals surface area contributed by atoms with Gasteiger partial charge >= 0.3 is 0 Å². The van der Waals surface area contributed by atoms with E-state index >= 15 is 0 Å². The van der Waals surface area contributed by atoms with E-state index < -0.39 is 28.3 Å². The lowest BCUT2D eigenvalue weighted by molar-refractivity contribution is -0.276. The lowest BCUT2D eigenvalue weighted by Gasteiger charge is -2.42. The molecule has 2 heterocycles. The van der Waals surface area contributed by atoms with Gasteiger partial charge in [0.25, 0.3) is 0 Å². The zero-order valence-corrected chi connectivity index (χ0v) is 33.1. The van der Waals surface area contributed by atoms with Crippen molar-refractivity contribution in [2.24, 2.45) is 5.92 Å². The van der Waals surface area contributed by atoms with Gasteiger partial charge in [-0.3, -0.25) is 9.69 Å². The number of carbonyl (C=O) groups is 1. The molecule has 4 N–H and O–H groups in total. The first-order valence-corrected chi connectivity index (χ1v) is 21.0. The molecule has 0 spiro atoms. The highest BCUT2D eigenvalue weighted by Crippen LogP contribution is 2.42. The largest absolute Gasteiger partial charge is 0.392 e. The second-order valence-electron chi connectivity index (χ2n) is 15.2. The molecule has 0 saturated carbocycles. The van der Waals surface area contributed by atoms with Crippen molar-refractivity contribution in [1.29, 1.82) is 0 Å². The summed E-state index contributed by atoms with van der Waals surface area (Å²) in [7, 11) is -3.96. The number of rotatable bonds is 14. The average molecular weight is 790 g/mol. The Morgan fingerprint density at radius 3 is 2.21 bits per heavy atom. The molecule has 7 rings (SSSR count). The first kappa shape index (κ1) is 40.5. The highest BCUT2D eigenvalue weighted by Gasteiger charge is 2.40. The predicted octanol–water partition coefficient (Wildman–Crippen LogP) is 6.22. The number of amides is 1. The number of hydrogen-bond donors (Lipinski definition) is 4. The molecule has 0 bridgehead atoms. The molecular formula is C46H51N3O7S. The third kappa shape index (κ3) is 10.2. The summed E-state index contributed by atoms with van der Waals surface area (Å²) in [6.07, 6.45) is -0.339. The van der Waals surface area contributed by atoms with Gasteiger partial charge in [0.05, 0.1) is 29.8 Å². The van der Waals surface area contributed by atoms with E-state index in [1.165, 1.54) is 12.1 Å². The van der Waals surface area contributed by atoms with E-state index in [2.05, 4.69) is 21.9 Å². The highest BCUT2D eigenvalue weighted by molar-refractivity contribution is 7.89. The smallest absolute Gasteiger partial charge is 0.241 e. The molecule has 0 unspecified atom stereocenters. The molecule has 0 radical (unpaired) electrons. The number of nitrogens with one attached hydrogen (secondary N) is 2. The van der Waals surface area contributed by atoms with Crippen LogP contribution in [0.1, 0.15) is 59.1 Å². The number of aliphatic hydroxyl groups excluding tert-OH is 2. The fourth-order valence-electron chi connectivity index (χ4n) is 7.58. The van der Waals surface area contributed by atoms with Gasteiger partial charge in [-0.1, -0.05) is 122 Å². The van der Waals surface area contributed by atoms with Crippen molar-refractivity contribution in [2.45, 2.75) is 75.4 Å². The number of benzene rings is 5. The van der Waals surface area contributed by atoms with Crippen LogP contribution in [0.3, 0.4) is 0 Å². The molecule has 2 aliphatic rings. The molecule has 2 aliphatic heterocycles. The molecule has 0 aliphatic carbocycles. The van der Waals surface area contributed by atoms with E-state index in [0.717, 1.165) is 57.5 Å². The lowest BCUT2D eigenvalue weighted by atomic mass is 9.90. The Bertz CT molecular complexity index is 2200. The van der Waals surface area contributed by atoms with Crippen molar-refractivity contribution in [1.82, 2.24) is 14.9 Å². The summed E-state index contributed by atoms with van der Waals surface area (Å²) >= 11 is 0. The fraction of sp³-hybridized carbons (Fsp3) is 0.326. The first-order valence-electron chi connectivity index (χ1n) is 19.6. The van der Waals surface area contributed by atoms with Crippen molar-refractivity contribution in [2.75, 3.05) is 19.6 Å². The van der Waals surface area contributed by atoms with Crippen LogP contribution in [0.15, 0.2) is 132 Å². The summed E-state index contributed by atoms with van der Waals surface area (Å²) in [5.41, 5.74) is 7.32. The number of β-amino-alcohol motifs (C(OH)–C–C–N with tert-alkyl or cyclic N) is 1. The van der Waals surface area contributed by atoms with Gasteiger partial charge in [-0.05, 0) is 71.3 Å². The molecule has 2 saturated heterocycles. The minimum atomic E-state index is -3.96. The van der Waals surface area contributed by atoms with Gasteiger partial charge in [0.1, 0.15) is 6.04 Å². The Kier molecular flexibility index (Phi) is 13.0. The molecule has 1 amide bonds. The lowest BCUT2D eigenvalue weighted by Crippen LogP contribution is -2.47. The van der Waals surface area contributed by atoms with Crippen LogP contribution >= 0.6 is 0 Å².